The summed E-state index contributed by atoms with van der Waals surface area (Å²) in [6.45, 7) is 5.01. The van der Waals surface area contributed by atoms with Crippen molar-refractivity contribution in [1.82, 2.24) is 5.32 Å². The fourth-order valence-corrected chi connectivity index (χ4v) is 2.74. The fraction of sp³-hybridized carbons (Fsp3) is 0.562. The Bertz CT molecular complexity index is 448. The lowest BCUT2D eigenvalue weighted by Gasteiger charge is -2.26. The van der Waals surface area contributed by atoms with E-state index < -0.39 is 0 Å². The number of anilines is 1. The number of rotatable bonds is 3. The standard InChI is InChI=1S/C16H24N2O/c1-11-6-8-13(9-7-11)10-18-16(19)14-5-3-4-12(2)15(14)17/h3-5,11,13H,6-10,17H2,1-2H3,(H,18,19). The number of nitrogen functional groups attached to an aromatic ring is 1. The molecule has 1 fully saturated rings. The summed E-state index contributed by atoms with van der Waals surface area (Å²) < 4.78 is 0. The molecule has 0 unspecified atom stereocenters. The highest BCUT2D eigenvalue weighted by Crippen LogP contribution is 2.27. The molecule has 0 bridgehead atoms. The van der Waals surface area contributed by atoms with Crippen LogP contribution in [0.3, 0.4) is 0 Å². The molecule has 0 atom stereocenters. The second kappa shape index (κ2) is 6.09. The Balaban J connectivity index is 1.89. The summed E-state index contributed by atoms with van der Waals surface area (Å²) >= 11 is 0. The van der Waals surface area contributed by atoms with E-state index in [9.17, 15) is 4.79 Å². The van der Waals surface area contributed by atoms with Crippen molar-refractivity contribution in [2.24, 2.45) is 11.8 Å². The molecule has 0 saturated heterocycles. The Morgan fingerprint density at radius 1 is 1.32 bits per heavy atom. The summed E-state index contributed by atoms with van der Waals surface area (Å²) in [5.41, 5.74) is 8.10. The number of amides is 1. The molecule has 1 aromatic rings. The number of hydrogen-bond acceptors (Lipinski definition) is 2. The zero-order valence-electron chi connectivity index (χ0n) is 11.9. The quantitative estimate of drug-likeness (QED) is 0.820. The maximum Gasteiger partial charge on any atom is 0.253 e. The van der Waals surface area contributed by atoms with E-state index in [1.807, 2.05) is 19.1 Å². The van der Waals surface area contributed by atoms with Gasteiger partial charge in [-0.15, -0.1) is 0 Å². The van der Waals surface area contributed by atoms with Crippen LogP contribution in [0.1, 0.15) is 48.5 Å². The molecule has 3 N–H and O–H groups in total. The Morgan fingerprint density at radius 2 is 2.00 bits per heavy atom. The van der Waals surface area contributed by atoms with E-state index in [0.717, 1.165) is 18.0 Å². The Kier molecular flexibility index (Phi) is 4.46. The van der Waals surface area contributed by atoms with Crippen LogP contribution in [0, 0.1) is 18.8 Å². The normalized spacial score (nSPS) is 23.1. The number of aryl methyl sites for hydroxylation is 1. The molecule has 3 heteroatoms. The van der Waals surface area contributed by atoms with Crippen molar-refractivity contribution in [2.45, 2.75) is 39.5 Å². The van der Waals surface area contributed by atoms with E-state index >= 15 is 0 Å². The number of carbonyl (C=O) groups excluding carboxylic acids is 1. The van der Waals surface area contributed by atoms with Gasteiger partial charge in [0.05, 0.1) is 5.56 Å². The maximum atomic E-state index is 12.1. The van der Waals surface area contributed by atoms with Crippen LogP contribution in [0.25, 0.3) is 0 Å². The minimum absolute atomic E-state index is 0.0418. The molecule has 0 spiro atoms. The molecule has 2 rings (SSSR count). The zero-order chi connectivity index (χ0) is 13.8. The molecule has 0 radical (unpaired) electrons. The number of nitrogens with one attached hydrogen (secondary N) is 1. The molecular weight excluding hydrogens is 236 g/mol. The summed E-state index contributed by atoms with van der Waals surface area (Å²) in [5.74, 6) is 1.44. The molecule has 0 heterocycles. The van der Waals surface area contributed by atoms with E-state index in [1.54, 1.807) is 6.07 Å². The number of nitrogens with two attached hydrogens (primary N) is 1. The minimum Gasteiger partial charge on any atom is -0.398 e. The van der Waals surface area contributed by atoms with Crippen molar-refractivity contribution in [2.75, 3.05) is 12.3 Å². The van der Waals surface area contributed by atoms with Gasteiger partial charge < -0.3 is 11.1 Å². The molecule has 1 aliphatic rings. The lowest BCUT2D eigenvalue weighted by molar-refractivity contribution is 0.0942. The third-order valence-electron chi connectivity index (χ3n) is 4.26. The summed E-state index contributed by atoms with van der Waals surface area (Å²) in [6.07, 6.45) is 5.02. The van der Waals surface area contributed by atoms with Crippen molar-refractivity contribution < 1.29 is 4.79 Å². The van der Waals surface area contributed by atoms with Gasteiger partial charge in [0, 0.05) is 12.2 Å². The Hall–Kier alpha value is -1.51. The van der Waals surface area contributed by atoms with Crippen LogP contribution in [0.5, 0.6) is 0 Å². The van der Waals surface area contributed by atoms with E-state index in [-0.39, 0.29) is 5.91 Å². The third kappa shape index (κ3) is 3.49. The van der Waals surface area contributed by atoms with Gasteiger partial charge in [0.25, 0.3) is 5.91 Å². The summed E-state index contributed by atoms with van der Waals surface area (Å²) in [5, 5.41) is 3.03. The van der Waals surface area contributed by atoms with E-state index in [2.05, 4.69) is 12.2 Å². The van der Waals surface area contributed by atoms with Gasteiger partial charge in [0.2, 0.25) is 0 Å². The van der Waals surface area contributed by atoms with Crippen LogP contribution >= 0.6 is 0 Å². The van der Waals surface area contributed by atoms with Gasteiger partial charge in [-0.2, -0.15) is 0 Å². The van der Waals surface area contributed by atoms with E-state index in [1.165, 1.54) is 25.7 Å². The summed E-state index contributed by atoms with van der Waals surface area (Å²) in [6, 6.07) is 5.60. The Labute approximate surface area is 115 Å². The van der Waals surface area contributed by atoms with Crippen LogP contribution in [-0.2, 0) is 0 Å². The van der Waals surface area contributed by atoms with Gasteiger partial charge in [0.15, 0.2) is 0 Å². The smallest absolute Gasteiger partial charge is 0.253 e. The number of carbonyl (C=O) groups is 1. The third-order valence-corrected chi connectivity index (χ3v) is 4.26. The molecule has 0 aromatic heterocycles. The second-order valence-electron chi connectivity index (χ2n) is 5.87. The number of para-hydroxylation sites is 1. The van der Waals surface area contributed by atoms with Crippen LogP contribution < -0.4 is 11.1 Å². The van der Waals surface area contributed by atoms with Crippen molar-refractivity contribution in [3.8, 4) is 0 Å². The lowest BCUT2D eigenvalue weighted by Crippen LogP contribution is -2.31. The van der Waals surface area contributed by atoms with Crippen molar-refractivity contribution >= 4 is 11.6 Å². The monoisotopic (exact) mass is 260 g/mol. The fourth-order valence-electron chi connectivity index (χ4n) is 2.74. The molecule has 1 aliphatic carbocycles. The molecule has 1 amide bonds. The first-order valence-electron chi connectivity index (χ1n) is 7.21. The van der Waals surface area contributed by atoms with Crippen LogP contribution in [0.15, 0.2) is 18.2 Å². The van der Waals surface area contributed by atoms with Crippen molar-refractivity contribution in [3.05, 3.63) is 29.3 Å². The molecule has 104 valence electrons. The van der Waals surface area contributed by atoms with Gasteiger partial charge in [-0.1, -0.05) is 31.9 Å². The average Bonchev–Trinajstić information content (AvgIpc) is 2.41. The predicted molar refractivity (Wildman–Crippen MR) is 79.0 cm³/mol. The molecule has 1 aromatic carbocycles. The van der Waals surface area contributed by atoms with E-state index in [4.69, 9.17) is 5.73 Å². The average molecular weight is 260 g/mol. The predicted octanol–water partition coefficient (Wildman–Crippen LogP) is 3.13. The van der Waals surface area contributed by atoms with Gasteiger partial charge in [-0.25, -0.2) is 0 Å². The highest BCUT2D eigenvalue weighted by Gasteiger charge is 2.19. The summed E-state index contributed by atoms with van der Waals surface area (Å²) in [7, 11) is 0. The highest BCUT2D eigenvalue weighted by molar-refractivity contribution is 5.99. The Morgan fingerprint density at radius 3 is 2.68 bits per heavy atom. The number of hydrogen-bond donors (Lipinski definition) is 2. The molecule has 1 saturated carbocycles. The SMILES string of the molecule is Cc1cccc(C(=O)NCC2CCC(C)CC2)c1N. The second-order valence-corrected chi connectivity index (χ2v) is 5.87. The largest absolute Gasteiger partial charge is 0.398 e. The minimum atomic E-state index is -0.0418. The van der Waals surface area contributed by atoms with Crippen LogP contribution in [0.2, 0.25) is 0 Å². The van der Waals surface area contributed by atoms with Gasteiger partial charge in [0.1, 0.15) is 0 Å². The van der Waals surface area contributed by atoms with Gasteiger partial charge in [-0.3, -0.25) is 4.79 Å². The van der Waals surface area contributed by atoms with E-state index in [0.29, 0.717) is 17.2 Å². The van der Waals surface area contributed by atoms with Crippen molar-refractivity contribution in [1.29, 1.82) is 0 Å². The van der Waals surface area contributed by atoms with Crippen LogP contribution in [-0.4, -0.2) is 12.5 Å². The summed E-state index contributed by atoms with van der Waals surface area (Å²) in [4.78, 5) is 12.1. The number of benzene rings is 1. The van der Waals surface area contributed by atoms with Crippen molar-refractivity contribution in [3.63, 3.8) is 0 Å². The first-order chi connectivity index (χ1) is 9.08. The van der Waals surface area contributed by atoms with Crippen LogP contribution in [0.4, 0.5) is 5.69 Å². The lowest BCUT2D eigenvalue weighted by atomic mass is 9.83. The molecule has 0 aliphatic heterocycles. The molecular formula is C16H24N2O. The maximum absolute atomic E-state index is 12.1. The first kappa shape index (κ1) is 13.9. The van der Waals surface area contributed by atoms with Gasteiger partial charge >= 0.3 is 0 Å². The zero-order valence-corrected chi connectivity index (χ0v) is 11.9. The highest BCUT2D eigenvalue weighted by atomic mass is 16.1. The first-order valence-corrected chi connectivity index (χ1v) is 7.21. The molecule has 19 heavy (non-hydrogen) atoms. The van der Waals surface area contributed by atoms with Gasteiger partial charge in [-0.05, 0) is 43.2 Å². The molecule has 3 nitrogen and oxygen atoms in total. The topological polar surface area (TPSA) is 55.1 Å².